The minimum absolute atomic E-state index is 0.500. The number of aliphatic hydroxyl groups is 1. The van der Waals surface area contributed by atoms with Gasteiger partial charge < -0.3 is 5.11 Å². The minimum Gasteiger partial charge on any atom is -0.390 e. The molecule has 0 heterocycles. The van der Waals surface area contributed by atoms with E-state index in [9.17, 15) is 18.3 Å². The highest BCUT2D eigenvalue weighted by Crippen LogP contribution is 2.34. The lowest BCUT2D eigenvalue weighted by Gasteiger charge is -2.22. The molecule has 1 fully saturated rings. The van der Waals surface area contributed by atoms with Gasteiger partial charge in [0, 0.05) is 0 Å². The molecule has 1 aliphatic rings. The number of rotatable bonds is 3. The van der Waals surface area contributed by atoms with E-state index in [0.29, 0.717) is 18.4 Å². The second-order valence-electron chi connectivity index (χ2n) is 5.13. The van der Waals surface area contributed by atoms with E-state index in [4.69, 9.17) is 0 Å². The largest absolute Gasteiger partial charge is 0.416 e. The number of hydrogen-bond donors (Lipinski definition) is 1. The van der Waals surface area contributed by atoms with Crippen molar-refractivity contribution in [2.45, 2.75) is 50.3 Å². The Kier molecular flexibility index (Phi) is 3.66. The minimum atomic E-state index is -4.29. The summed E-state index contributed by atoms with van der Waals surface area (Å²) in [6, 6.07) is 5.37. The van der Waals surface area contributed by atoms with Crippen molar-refractivity contribution in [2.24, 2.45) is 0 Å². The number of benzene rings is 1. The van der Waals surface area contributed by atoms with Crippen LogP contribution in [0.1, 0.15) is 43.2 Å². The predicted molar refractivity (Wildman–Crippen MR) is 63.2 cm³/mol. The third kappa shape index (κ3) is 3.25. The molecular formula is C14H17F3O. The molecule has 0 saturated heterocycles. The zero-order valence-electron chi connectivity index (χ0n) is 10.1. The molecule has 0 spiro atoms. The van der Waals surface area contributed by atoms with Crippen LogP contribution in [0.2, 0.25) is 0 Å². The fourth-order valence-corrected chi connectivity index (χ4v) is 2.56. The first-order valence-electron chi connectivity index (χ1n) is 6.28. The summed E-state index contributed by atoms with van der Waals surface area (Å²) in [5, 5.41) is 10.2. The van der Waals surface area contributed by atoms with Gasteiger partial charge in [0.1, 0.15) is 0 Å². The molecule has 18 heavy (non-hydrogen) atoms. The second kappa shape index (κ2) is 4.92. The summed E-state index contributed by atoms with van der Waals surface area (Å²) >= 11 is 0. The van der Waals surface area contributed by atoms with E-state index in [0.717, 1.165) is 31.7 Å². The normalized spacial score (nSPS) is 19.1. The van der Waals surface area contributed by atoms with E-state index in [2.05, 4.69) is 0 Å². The maximum atomic E-state index is 12.5. The first-order valence-corrected chi connectivity index (χ1v) is 6.28. The molecule has 0 aliphatic heterocycles. The third-order valence-electron chi connectivity index (χ3n) is 3.67. The average Bonchev–Trinajstić information content (AvgIpc) is 2.74. The first kappa shape index (κ1) is 13.4. The Bertz CT molecular complexity index is 406. The lowest BCUT2D eigenvalue weighted by atomic mass is 9.93. The van der Waals surface area contributed by atoms with Crippen LogP contribution < -0.4 is 0 Å². The molecule has 1 aromatic rings. The average molecular weight is 258 g/mol. The van der Waals surface area contributed by atoms with Crippen LogP contribution >= 0.6 is 0 Å². The van der Waals surface area contributed by atoms with Crippen LogP contribution in [0.25, 0.3) is 0 Å². The van der Waals surface area contributed by atoms with Gasteiger partial charge in [-0.2, -0.15) is 13.2 Å². The fourth-order valence-electron chi connectivity index (χ4n) is 2.56. The molecule has 1 N–H and O–H groups in total. The maximum absolute atomic E-state index is 12.5. The van der Waals surface area contributed by atoms with Crippen LogP contribution in [0, 0.1) is 0 Å². The van der Waals surface area contributed by atoms with Gasteiger partial charge in [-0.05, 0) is 37.3 Å². The SMILES string of the molecule is OC1(CCc2cccc(C(F)(F)F)c2)CCCC1. The van der Waals surface area contributed by atoms with Gasteiger partial charge in [-0.1, -0.05) is 31.0 Å². The Morgan fingerprint density at radius 2 is 1.83 bits per heavy atom. The van der Waals surface area contributed by atoms with Gasteiger partial charge in [-0.3, -0.25) is 0 Å². The van der Waals surface area contributed by atoms with E-state index in [1.807, 2.05) is 0 Å². The first-order chi connectivity index (χ1) is 8.39. The number of alkyl halides is 3. The Balaban J connectivity index is 2.01. The van der Waals surface area contributed by atoms with Crippen molar-refractivity contribution in [1.29, 1.82) is 0 Å². The van der Waals surface area contributed by atoms with E-state index < -0.39 is 17.3 Å². The van der Waals surface area contributed by atoms with Crippen molar-refractivity contribution in [1.82, 2.24) is 0 Å². The number of hydrogen-bond acceptors (Lipinski definition) is 1. The van der Waals surface area contributed by atoms with Crippen LogP contribution in [0.3, 0.4) is 0 Å². The van der Waals surface area contributed by atoms with Crippen LogP contribution in [0.4, 0.5) is 13.2 Å². The monoisotopic (exact) mass is 258 g/mol. The Labute approximate surface area is 105 Å². The molecule has 0 radical (unpaired) electrons. The van der Waals surface area contributed by atoms with Crippen molar-refractivity contribution in [3.8, 4) is 0 Å². The Hall–Kier alpha value is -1.03. The maximum Gasteiger partial charge on any atom is 0.416 e. The number of aryl methyl sites for hydroxylation is 1. The van der Waals surface area contributed by atoms with Crippen LogP contribution in [0.5, 0.6) is 0 Å². The second-order valence-corrected chi connectivity index (χ2v) is 5.13. The zero-order valence-corrected chi connectivity index (χ0v) is 10.1. The van der Waals surface area contributed by atoms with E-state index >= 15 is 0 Å². The lowest BCUT2D eigenvalue weighted by molar-refractivity contribution is -0.137. The zero-order chi connectivity index (χ0) is 13.2. The van der Waals surface area contributed by atoms with Crippen molar-refractivity contribution < 1.29 is 18.3 Å². The molecule has 0 amide bonds. The Morgan fingerprint density at radius 1 is 1.17 bits per heavy atom. The summed E-state index contributed by atoms with van der Waals surface area (Å²) in [6.45, 7) is 0. The summed E-state index contributed by atoms with van der Waals surface area (Å²) in [4.78, 5) is 0. The van der Waals surface area contributed by atoms with Gasteiger partial charge in [-0.25, -0.2) is 0 Å². The van der Waals surface area contributed by atoms with E-state index in [1.165, 1.54) is 12.1 Å². The molecule has 0 bridgehead atoms. The molecule has 0 aromatic heterocycles. The topological polar surface area (TPSA) is 20.2 Å². The van der Waals surface area contributed by atoms with Gasteiger partial charge in [0.05, 0.1) is 11.2 Å². The molecular weight excluding hydrogens is 241 g/mol. The highest BCUT2D eigenvalue weighted by atomic mass is 19.4. The van der Waals surface area contributed by atoms with Crippen molar-refractivity contribution >= 4 is 0 Å². The quantitative estimate of drug-likeness (QED) is 0.870. The molecule has 1 saturated carbocycles. The van der Waals surface area contributed by atoms with Crippen LogP contribution in [0.15, 0.2) is 24.3 Å². The van der Waals surface area contributed by atoms with Gasteiger partial charge in [-0.15, -0.1) is 0 Å². The summed E-state index contributed by atoms with van der Waals surface area (Å²) in [5.41, 5.74) is -0.627. The Morgan fingerprint density at radius 3 is 2.44 bits per heavy atom. The molecule has 0 atom stereocenters. The van der Waals surface area contributed by atoms with Crippen LogP contribution in [-0.4, -0.2) is 10.7 Å². The fraction of sp³-hybridized carbons (Fsp3) is 0.571. The summed E-state index contributed by atoms with van der Waals surface area (Å²) < 4.78 is 37.6. The van der Waals surface area contributed by atoms with E-state index in [1.54, 1.807) is 6.07 Å². The molecule has 0 unspecified atom stereocenters. The van der Waals surface area contributed by atoms with Gasteiger partial charge in [0.15, 0.2) is 0 Å². The molecule has 1 aromatic carbocycles. The third-order valence-corrected chi connectivity index (χ3v) is 3.67. The standard InChI is InChI=1S/C14H17F3O/c15-14(16,17)12-5-3-4-11(10-12)6-9-13(18)7-1-2-8-13/h3-5,10,18H,1-2,6-9H2. The van der Waals surface area contributed by atoms with Crippen molar-refractivity contribution in [3.63, 3.8) is 0 Å². The van der Waals surface area contributed by atoms with E-state index in [-0.39, 0.29) is 0 Å². The highest BCUT2D eigenvalue weighted by Gasteiger charge is 2.32. The van der Waals surface area contributed by atoms with Gasteiger partial charge in [0.25, 0.3) is 0 Å². The van der Waals surface area contributed by atoms with Crippen LogP contribution in [-0.2, 0) is 12.6 Å². The summed E-state index contributed by atoms with van der Waals surface area (Å²) in [5.74, 6) is 0. The molecule has 4 heteroatoms. The molecule has 1 nitrogen and oxygen atoms in total. The molecule has 2 rings (SSSR count). The van der Waals surface area contributed by atoms with Crippen molar-refractivity contribution in [2.75, 3.05) is 0 Å². The molecule has 1 aliphatic carbocycles. The lowest BCUT2D eigenvalue weighted by Crippen LogP contribution is -2.24. The summed E-state index contributed by atoms with van der Waals surface area (Å²) in [7, 11) is 0. The van der Waals surface area contributed by atoms with Crippen molar-refractivity contribution in [3.05, 3.63) is 35.4 Å². The highest BCUT2D eigenvalue weighted by molar-refractivity contribution is 5.25. The smallest absolute Gasteiger partial charge is 0.390 e. The summed E-state index contributed by atoms with van der Waals surface area (Å²) in [6.07, 6.45) is 0.325. The number of halogens is 3. The van der Waals surface area contributed by atoms with Gasteiger partial charge >= 0.3 is 6.18 Å². The predicted octanol–water partition coefficient (Wildman–Crippen LogP) is 3.94. The molecule has 100 valence electrons. The van der Waals surface area contributed by atoms with Gasteiger partial charge in [0.2, 0.25) is 0 Å².